The molecular weight excluding hydrogens is 711 g/mol. The van der Waals surface area contributed by atoms with Gasteiger partial charge in [-0.3, -0.25) is 14.5 Å². The van der Waals surface area contributed by atoms with Gasteiger partial charge in [0.2, 0.25) is 5.95 Å². The lowest BCUT2D eigenvalue weighted by Gasteiger charge is -2.36. The number of nitrogens with zero attached hydrogens (tertiary/aromatic N) is 7. The molecule has 8 rings (SSSR count). The molecule has 56 heavy (non-hydrogen) atoms. The summed E-state index contributed by atoms with van der Waals surface area (Å²) in [4.78, 5) is 26.7. The van der Waals surface area contributed by atoms with Gasteiger partial charge >= 0.3 is 6.03 Å². The first kappa shape index (κ1) is 38.6. The van der Waals surface area contributed by atoms with Crippen LogP contribution < -0.4 is 25.0 Å². The number of amides is 2. The Morgan fingerprint density at radius 2 is 1.77 bits per heavy atom. The van der Waals surface area contributed by atoms with E-state index < -0.39 is 0 Å². The third-order valence-electron chi connectivity index (χ3n) is 10.9. The average Bonchev–Trinajstić information content (AvgIpc) is 3.59. The first-order valence-electron chi connectivity index (χ1n) is 19.5. The van der Waals surface area contributed by atoms with E-state index in [-0.39, 0.29) is 35.6 Å². The number of hydrogen-bond acceptors (Lipinski definition) is 9. The van der Waals surface area contributed by atoms with Gasteiger partial charge in [0.05, 0.1) is 23.6 Å². The Morgan fingerprint density at radius 3 is 2.52 bits per heavy atom. The first-order chi connectivity index (χ1) is 27.0. The monoisotopic (exact) mass is 763 g/mol. The molecule has 3 aliphatic rings. The third kappa shape index (κ3) is 8.44. The number of hydrogen-bond donors (Lipinski definition) is 3. The smallest absolute Gasteiger partial charge is 0.320 e. The van der Waals surface area contributed by atoms with E-state index in [2.05, 4.69) is 67.9 Å². The summed E-state index contributed by atoms with van der Waals surface area (Å²) in [6.45, 7) is 8.49. The zero-order valence-electron chi connectivity index (χ0n) is 32.9. The molecule has 0 radical (unpaired) electrons. The number of rotatable bonds is 10. The Morgan fingerprint density at radius 1 is 0.982 bits per heavy atom. The van der Waals surface area contributed by atoms with Crippen molar-refractivity contribution in [2.24, 2.45) is 0 Å². The van der Waals surface area contributed by atoms with Gasteiger partial charge in [-0.05, 0) is 94.4 Å². The van der Waals surface area contributed by atoms with E-state index in [0.717, 1.165) is 71.5 Å². The molecule has 1 spiro atoms. The van der Waals surface area contributed by atoms with Gasteiger partial charge in [0.1, 0.15) is 30.0 Å². The van der Waals surface area contributed by atoms with Crippen LogP contribution in [0.15, 0.2) is 72.9 Å². The van der Waals surface area contributed by atoms with Gasteiger partial charge in [-0.1, -0.05) is 51.1 Å². The topological polar surface area (TPSA) is 151 Å². The molecule has 1 aliphatic heterocycles. The standard InChI is InChI=1S/C41H51N9O3.CH2O2/c1-40(2,3)35-26-37(50(46-35)28-11-10-12-29(25-28)52-24-23-47(4)5)43-38(51)42-33-16-17-34(32-14-7-6-13-31(32)33)53-30-15-18-36-44-45-39(48(36)27-30)49-22-9-8-19-41(49)20-21-41;2-1-3/h6-7,10-15,18,25-27,33-34H,8-9,16-17,19-24H2,1-5H3,(H2,42,43,51);1H,(H,2,3)/t33-,34+;/m0./s1. The average molecular weight is 764 g/mol. The summed E-state index contributed by atoms with van der Waals surface area (Å²) in [6, 6.07) is 21.5. The van der Waals surface area contributed by atoms with Crippen LogP contribution >= 0.6 is 0 Å². The highest BCUT2D eigenvalue weighted by Crippen LogP contribution is 2.50. The van der Waals surface area contributed by atoms with Crippen molar-refractivity contribution < 1.29 is 24.2 Å². The predicted molar refractivity (Wildman–Crippen MR) is 215 cm³/mol. The van der Waals surface area contributed by atoms with Crippen molar-refractivity contribution in [2.45, 2.75) is 88.8 Å². The van der Waals surface area contributed by atoms with Gasteiger partial charge in [-0.15, -0.1) is 10.2 Å². The molecule has 14 nitrogen and oxygen atoms in total. The maximum atomic E-state index is 13.7. The Bertz CT molecular complexity index is 2150. The van der Waals surface area contributed by atoms with Crippen molar-refractivity contribution in [3.63, 3.8) is 0 Å². The summed E-state index contributed by atoms with van der Waals surface area (Å²) in [6.07, 6.45) is 9.51. The summed E-state index contributed by atoms with van der Waals surface area (Å²) in [5.41, 5.74) is 4.67. The Labute approximate surface area is 327 Å². The minimum absolute atomic E-state index is 0.155. The molecule has 2 aromatic carbocycles. The number of pyridine rings is 1. The maximum absolute atomic E-state index is 13.7. The lowest BCUT2D eigenvalue weighted by molar-refractivity contribution is -0.122. The van der Waals surface area contributed by atoms with E-state index in [4.69, 9.17) is 24.5 Å². The fourth-order valence-electron chi connectivity index (χ4n) is 7.77. The number of likely N-dealkylation sites (N-methyl/N-ethyl adjacent to an activating group) is 1. The second-order valence-electron chi connectivity index (χ2n) is 16.2. The van der Waals surface area contributed by atoms with Crippen LogP contribution in [0.25, 0.3) is 11.3 Å². The van der Waals surface area contributed by atoms with Crippen LogP contribution in [0.4, 0.5) is 16.6 Å². The number of ether oxygens (including phenoxy) is 2. The fraction of sp³-hybridized carbons (Fsp3) is 0.452. The molecule has 14 heteroatoms. The van der Waals surface area contributed by atoms with Crippen LogP contribution in [0.1, 0.15) is 94.7 Å². The highest BCUT2D eigenvalue weighted by atomic mass is 16.5. The molecular formula is C42H53N9O5. The Balaban J connectivity index is 0.00000155. The number of aromatic nitrogens is 5. The SMILES string of the molecule is CN(C)CCOc1cccc(-n2nc(C(C)(C)C)cc2NC(=O)N[C@H]2CC[C@@H](Oc3ccc4nnc(N5CCCCC56CC6)n4c3)c3ccccc32)c1.O=CO. The van der Waals surface area contributed by atoms with Gasteiger partial charge in [0.25, 0.3) is 6.47 Å². The highest BCUT2D eigenvalue weighted by Gasteiger charge is 2.50. The number of carboxylic acid groups (broad SMARTS) is 1. The van der Waals surface area contributed by atoms with Crippen LogP contribution in [0.2, 0.25) is 0 Å². The summed E-state index contributed by atoms with van der Waals surface area (Å²) < 4.78 is 16.6. The lowest BCUT2D eigenvalue weighted by Crippen LogP contribution is -2.42. The maximum Gasteiger partial charge on any atom is 0.320 e. The molecule has 0 bridgehead atoms. The number of carbonyl (C=O) groups is 2. The van der Waals surface area contributed by atoms with Crippen molar-refractivity contribution in [1.82, 2.24) is 34.6 Å². The fourth-order valence-corrected chi connectivity index (χ4v) is 7.77. The lowest BCUT2D eigenvalue weighted by atomic mass is 9.85. The number of nitrogens with one attached hydrogen (secondary N) is 2. The van der Waals surface area contributed by atoms with E-state index >= 15 is 0 Å². The van der Waals surface area contributed by atoms with Crippen LogP contribution in [0.3, 0.4) is 0 Å². The molecule has 2 aliphatic carbocycles. The molecule has 0 unspecified atom stereocenters. The number of carbonyl (C=O) groups excluding carboxylic acids is 1. The van der Waals surface area contributed by atoms with Crippen molar-refractivity contribution >= 4 is 29.9 Å². The molecule has 2 fully saturated rings. The van der Waals surface area contributed by atoms with Gasteiger partial charge < -0.3 is 29.7 Å². The van der Waals surface area contributed by atoms with Gasteiger partial charge in [0, 0.05) is 36.2 Å². The third-order valence-corrected chi connectivity index (χ3v) is 10.9. The minimum atomic E-state index is -0.291. The molecule has 2 amide bonds. The number of fused-ring (bicyclic) bond motifs is 2. The molecule has 3 N–H and O–H groups in total. The number of anilines is 2. The van der Waals surface area contributed by atoms with Gasteiger partial charge in [-0.2, -0.15) is 5.10 Å². The second-order valence-corrected chi connectivity index (χ2v) is 16.2. The van der Waals surface area contributed by atoms with Crippen LogP contribution in [-0.4, -0.2) is 86.2 Å². The molecule has 296 valence electrons. The quantitative estimate of drug-likeness (QED) is 0.125. The zero-order chi connectivity index (χ0) is 39.5. The second kappa shape index (κ2) is 16.2. The Hall–Kier alpha value is -5.63. The van der Waals surface area contributed by atoms with Crippen molar-refractivity contribution in [1.29, 1.82) is 0 Å². The largest absolute Gasteiger partial charge is 0.492 e. The molecule has 1 saturated heterocycles. The van der Waals surface area contributed by atoms with E-state index in [9.17, 15) is 4.79 Å². The molecule has 2 atom stereocenters. The van der Waals surface area contributed by atoms with E-state index in [1.165, 1.54) is 32.1 Å². The van der Waals surface area contributed by atoms with Crippen LogP contribution in [-0.2, 0) is 10.2 Å². The minimum Gasteiger partial charge on any atom is -0.492 e. The molecule has 5 aromatic rings. The Kier molecular flexibility index (Phi) is 11.2. The van der Waals surface area contributed by atoms with Crippen LogP contribution in [0.5, 0.6) is 11.5 Å². The van der Waals surface area contributed by atoms with Crippen molar-refractivity contribution in [3.05, 3.63) is 89.7 Å². The summed E-state index contributed by atoms with van der Waals surface area (Å²) in [5, 5.41) is 27.3. The summed E-state index contributed by atoms with van der Waals surface area (Å²) in [5.74, 6) is 3.03. The van der Waals surface area contributed by atoms with E-state index in [1.54, 1.807) is 4.68 Å². The number of urea groups is 1. The highest BCUT2D eigenvalue weighted by molar-refractivity contribution is 5.89. The van der Waals surface area contributed by atoms with Gasteiger partial charge in [0.15, 0.2) is 5.65 Å². The predicted octanol–water partition coefficient (Wildman–Crippen LogP) is 7.15. The zero-order valence-corrected chi connectivity index (χ0v) is 32.9. The normalized spacial score (nSPS) is 18.5. The number of benzene rings is 2. The van der Waals surface area contributed by atoms with Crippen molar-refractivity contribution in [3.8, 4) is 17.2 Å². The van der Waals surface area contributed by atoms with Crippen molar-refractivity contribution in [2.75, 3.05) is 44.0 Å². The molecule has 3 aromatic heterocycles. The molecule has 1 saturated carbocycles. The summed E-state index contributed by atoms with van der Waals surface area (Å²) in [7, 11) is 4.04. The number of piperidine rings is 1. The van der Waals surface area contributed by atoms with Gasteiger partial charge in [-0.25, -0.2) is 9.48 Å². The first-order valence-corrected chi connectivity index (χ1v) is 19.5. The van der Waals surface area contributed by atoms with E-state index in [0.29, 0.717) is 12.4 Å². The van der Waals surface area contributed by atoms with Crippen LogP contribution in [0, 0.1) is 0 Å². The van der Waals surface area contributed by atoms with E-state index in [1.807, 2.05) is 74.9 Å². The summed E-state index contributed by atoms with van der Waals surface area (Å²) >= 11 is 0. The molecule has 4 heterocycles.